The molecule has 2 aromatic rings. The van der Waals surface area contributed by atoms with Gasteiger partial charge in [-0.05, 0) is 0 Å². The lowest BCUT2D eigenvalue weighted by atomic mass is 10.2. The van der Waals surface area contributed by atoms with E-state index in [1.165, 1.54) is 11.8 Å². The monoisotopic (exact) mass is 309 g/mol. The number of carbonyl (C=O) groups is 1. The van der Waals surface area contributed by atoms with Gasteiger partial charge in [-0.1, -0.05) is 11.8 Å². The number of nitrogens with one attached hydrogen (secondary N) is 2. The summed E-state index contributed by atoms with van der Waals surface area (Å²) in [5.41, 5.74) is 5.99. The summed E-state index contributed by atoms with van der Waals surface area (Å²) < 4.78 is 10.3. The van der Waals surface area contributed by atoms with E-state index in [1.54, 1.807) is 32.4 Å². The van der Waals surface area contributed by atoms with Crippen LogP contribution in [0.2, 0.25) is 0 Å². The van der Waals surface area contributed by atoms with Gasteiger partial charge in [0.05, 0.1) is 20.0 Å². The molecule has 112 valence electrons. The number of thioether (sulfide) groups is 1. The van der Waals surface area contributed by atoms with Crippen molar-refractivity contribution >= 4 is 29.3 Å². The third-order valence-electron chi connectivity index (χ3n) is 2.45. The van der Waals surface area contributed by atoms with Gasteiger partial charge in [-0.15, -0.1) is 5.10 Å². The second-order valence-corrected chi connectivity index (χ2v) is 4.88. The Labute approximate surface area is 125 Å². The van der Waals surface area contributed by atoms with Crippen molar-refractivity contribution in [2.45, 2.75) is 5.16 Å². The van der Waals surface area contributed by atoms with Crippen molar-refractivity contribution in [2.24, 2.45) is 0 Å². The molecule has 0 radical (unpaired) electrons. The molecule has 0 aliphatic rings. The van der Waals surface area contributed by atoms with Crippen LogP contribution in [0, 0.1) is 0 Å². The lowest BCUT2D eigenvalue weighted by Crippen LogP contribution is -2.14. The van der Waals surface area contributed by atoms with Crippen LogP contribution in [-0.2, 0) is 4.79 Å². The summed E-state index contributed by atoms with van der Waals surface area (Å²) in [4.78, 5) is 15.8. The first kappa shape index (κ1) is 15.0. The van der Waals surface area contributed by atoms with E-state index in [4.69, 9.17) is 15.2 Å². The number of nitrogen functional groups attached to an aromatic ring is 1. The second kappa shape index (κ2) is 6.84. The Kier molecular flexibility index (Phi) is 4.88. The highest BCUT2D eigenvalue weighted by Crippen LogP contribution is 2.26. The van der Waals surface area contributed by atoms with Gasteiger partial charge in [-0.25, -0.2) is 5.10 Å². The predicted molar refractivity (Wildman–Crippen MR) is 79.7 cm³/mol. The number of rotatable bonds is 6. The zero-order chi connectivity index (χ0) is 15.2. The van der Waals surface area contributed by atoms with Crippen molar-refractivity contribution in [1.29, 1.82) is 0 Å². The summed E-state index contributed by atoms with van der Waals surface area (Å²) in [5, 5.41) is 9.51. The minimum absolute atomic E-state index is 0.164. The first-order valence-corrected chi connectivity index (χ1v) is 6.93. The average molecular weight is 309 g/mol. The Morgan fingerprint density at radius 1 is 1.33 bits per heavy atom. The second-order valence-electron chi connectivity index (χ2n) is 3.94. The smallest absolute Gasteiger partial charge is 0.234 e. The van der Waals surface area contributed by atoms with E-state index in [9.17, 15) is 4.79 Å². The number of amides is 1. The summed E-state index contributed by atoms with van der Waals surface area (Å²) in [5.74, 6) is 1.38. The Hall–Kier alpha value is -2.42. The average Bonchev–Trinajstić information content (AvgIpc) is 2.90. The molecule has 1 aromatic heterocycles. The molecule has 0 saturated carbocycles. The topological polar surface area (TPSA) is 115 Å². The van der Waals surface area contributed by atoms with Gasteiger partial charge in [-0.3, -0.25) is 4.79 Å². The molecule has 0 saturated heterocycles. The molecule has 1 amide bonds. The molecule has 8 nitrogen and oxygen atoms in total. The fourth-order valence-electron chi connectivity index (χ4n) is 1.53. The third-order valence-corrected chi connectivity index (χ3v) is 3.30. The molecule has 1 heterocycles. The zero-order valence-electron chi connectivity index (χ0n) is 11.5. The number of aromatic amines is 1. The van der Waals surface area contributed by atoms with Gasteiger partial charge in [0.15, 0.2) is 0 Å². The number of benzene rings is 1. The predicted octanol–water partition coefficient (Wildman–Crippen LogP) is 1.13. The van der Waals surface area contributed by atoms with Crippen LogP contribution in [-0.4, -0.2) is 41.1 Å². The molecule has 1 aromatic carbocycles. The number of ether oxygens (including phenoxy) is 2. The maximum Gasteiger partial charge on any atom is 0.234 e. The van der Waals surface area contributed by atoms with Gasteiger partial charge in [0.25, 0.3) is 0 Å². The fraction of sp³-hybridized carbons (Fsp3) is 0.250. The number of methoxy groups -OCH3 is 2. The van der Waals surface area contributed by atoms with Gasteiger partial charge >= 0.3 is 0 Å². The van der Waals surface area contributed by atoms with Crippen LogP contribution in [0.25, 0.3) is 0 Å². The van der Waals surface area contributed by atoms with E-state index in [0.717, 1.165) is 0 Å². The zero-order valence-corrected chi connectivity index (χ0v) is 12.4. The number of anilines is 2. The third kappa shape index (κ3) is 4.28. The number of hydrogen-bond donors (Lipinski definition) is 3. The van der Waals surface area contributed by atoms with E-state index in [-0.39, 0.29) is 17.6 Å². The Balaban J connectivity index is 1.95. The van der Waals surface area contributed by atoms with Crippen molar-refractivity contribution in [3.63, 3.8) is 0 Å². The van der Waals surface area contributed by atoms with Crippen molar-refractivity contribution < 1.29 is 14.3 Å². The molecule has 9 heteroatoms. The van der Waals surface area contributed by atoms with Crippen LogP contribution in [0.3, 0.4) is 0 Å². The normalized spacial score (nSPS) is 10.2. The standard InChI is InChI=1S/C12H15N5O3S/c1-19-8-3-7(4-9(5-8)20-2)14-10(18)6-21-12-15-11(13)16-17-12/h3-5H,6H2,1-2H3,(H,14,18)(H3,13,15,16,17). The van der Waals surface area contributed by atoms with E-state index >= 15 is 0 Å². The summed E-state index contributed by atoms with van der Waals surface area (Å²) >= 11 is 1.18. The summed E-state index contributed by atoms with van der Waals surface area (Å²) in [6, 6.07) is 5.13. The molecule has 0 spiro atoms. The Bertz CT molecular complexity index is 609. The molecule has 0 unspecified atom stereocenters. The molecule has 0 aliphatic heterocycles. The number of nitrogens with zero attached hydrogens (tertiary/aromatic N) is 2. The lowest BCUT2D eigenvalue weighted by Gasteiger charge is -2.09. The van der Waals surface area contributed by atoms with E-state index < -0.39 is 0 Å². The molecule has 0 fully saturated rings. The van der Waals surface area contributed by atoms with Gasteiger partial charge < -0.3 is 20.5 Å². The summed E-state index contributed by atoms with van der Waals surface area (Å²) in [6.45, 7) is 0. The Morgan fingerprint density at radius 2 is 2.00 bits per heavy atom. The SMILES string of the molecule is COc1cc(NC(=O)CSc2n[nH]c(N)n2)cc(OC)c1. The lowest BCUT2D eigenvalue weighted by molar-refractivity contribution is -0.113. The van der Waals surface area contributed by atoms with Gasteiger partial charge in [0, 0.05) is 23.9 Å². The molecular weight excluding hydrogens is 294 g/mol. The molecule has 4 N–H and O–H groups in total. The largest absolute Gasteiger partial charge is 0.497 e. The summed E-state index contributed by atoms with van der Waals surface area (Å²) in [6.07, 6.45) is 0. The molecule has 0 bridgehead atoms. The first-order chi connectivity index (χ1) is 10.1. The number of hydrogen-bond acceptors (Lipinski definition) is 7. The Morgan fingerprint density at radius 3 is 2.52 bits per heavy atom. The van der Waals surface area contributed by atoms with Crippen LogP contribution >= 0.6 is 11.8 Å². The highest BCUT2D eigenvalue weighted by atomic mass is 32.2. The maximum absolute atomic E-state index is 11.9. The quantitative estimate of drug-likeness (QED) is 0.685. The van der Waals surface area contributed by atoms with Crippen LogP contribution in [0.15, 0.2) is 23.4 Å². The molecule has 21 heavy (non-hydrogen) atoms. The summed E-state index contributed by atoms with van der Waals surface area (Å²) in [7, 11) is 3.09. The number of carbonyl (C=O) groups excluding carboxylic acids is 1. The van der Waals surface area contributed by atoms with Crippen LogP contribution in [0.5, 0.6) is 11.5 Å². The molecular formula is C12H15N5O3S. The number of nitrogens with two attached hydrogens (primary N) is 1. The van der Waals surface area contributed by atoms with Crippen LogP contribution in [0.4, 0.5) is 11.6 Å². The minimum Gasteiger partial charge on any atom is -0.497 e. The maximum atomic E-state index is 11.9. The van der Waals surface area contributed by atoms with Gasteiger partial charge in [-0.2, -0.15) is 4.98 Å². The molecule has 2 rings (SSSR count). The van der Waals surface area contributed by atoms with Crippen molar-refractivity contribution in [3.8, 4) is 11.5 Å². The van der Waals surface area contributed by atoms with Crippen LogP contribution < -0.4 is 20.5 Å². The van der Waals surface area contributed by atoms with Gasteiger partial charge in [0.1, 0.15) is 11.5 Å². The van der Waals surface area contributed by atoms with Crippen LogP contribution in [0.1, 0.15) is 0 Å². The molecule has 0 atom stereocenters. The van der Waals surface area contributed by atoms with E-state index in [0.29, 0.717) is 22.3 Å². The van der Waals surface area contributed by atoms with Gasteiger partial charge in [0.2, 0.25) is 17.0 Å². The fourth-order valence-corrected chi connectivity index (χ4v) is 2.13. The first-order valence-electron chi connectivity index (χ1n) is 5.94. The van der Waals surface area contributed by atoms with E-state index in [1.807, 2.05) is 0 Å². The van der Waals surface area contributed by atoms with Crippen molar-refractivity contribution in [3.05, 3.63) is 18.2 Å². The number of aromatic nitrogens is 3. The van der Waals surface area contributed by atoms with Crippen molar-refractivity contribution in [2.75, 3.05) is 31.0 Å². The molecule has 0 aliphatic carbocycles. The highest BCUT2D eigenvalue weighted by molar-refractivity contribution is 7.99. The van der Waals surface area contributed by atoms with Crippen molar-refractivity contribution in [1.82, 2.24) is 15.2 Å². The number of H-pyrrole nitrogens is 1. The van der Waals surface area contributed by atoms with E-state index in [2.05, 4.69) is 20.5 Å². The minimum atomic E-state index is -0.196. The highest BCUT2D eigenvalue weighted by Gasteiger charge is 2.09.